The summed E-state index contributed by atoms with van der Waals surface area (Å²) in [6.07, 6.45) is -7.17. The Labute approximate surface area is 134 Å². The fraction of sp³-hybridized carbons (Fsp3) is 0.467. The fourth-order valence-electron chi connectivity index (χ4n) is 1.81. The first-order valence-electron chi connectivity index (χ1n) is 7.46. The van der Waals surface area contributed by atoms with Crippen molar-refractivity contribution in [3.8, 4) is 0 Å². The second-order valence-electron chi connectivity index (χ2n) is 5.05. The molecule has 1 aromatic rings. The summed E-state index contributed by atoms with van der Waals surface area (Å²) < 4.78 is 12.0. The van der Waals surface area contributed by atoms with Crippen LogP contribution in [0.25, 0.3) is 0 Å². The third kappa shape index (κ3) is 6.05. The van der Waals surface area contributed by atoms with Crippen LogP contribution in [0.2, 0.25) is 1.41 Å². The van der Waals surface area contributed by atoms with E-state index in [9.17, 15) is 24.9 Å². The van der Waals surface area contributed by atoms with Crippen LogP contribution in [0, 0.1) is 0 Å². The van der Waals surface area contributed by atoms with Crippen LogP contribution in [0.15, 0.2) is 30.3 Å². The molecule has 0 saturated heterocycles. The van der Waals surface area contributed by atoms with E-state index in [1.54, 1.807) is 24.3 Å². The summed E-state index contributed by atoms with van der Waals surface area (Å²) in [6.45, 7) is -0.671. The molecule has 0 aliphatic heterocycles. The Morgan fingerprint density at radius 3 is 2.43 bits per heavy atom. The van der Waals surface area contributed by atoms with Crippen molar-refractivity contribution in [1.29, 1.82) is 0 Å². The summed E-state index contributed by atoms with van der Waals surface area (Å²) in [4.78, 5) is 22.2. The van der Waals surface area contributed by atoms with Crippen molar-refractivity contribution in [2.75, 3.05) is 6.61 Å². The molecule has 8 heteroatoms. The first-order chi connectivity index (χ1) is 11.4. The minimum Gasteiger partial charge on any atom is -0.462 e. The third-order valence-corrected chi connectivity index (χ3v) is 3.20. The summed E-state index contributed by atoms with van der Waals surface area (Å²) in [7, 11) is 0. The second-order valence-corrected chi connectivity index (χ2v) is 5.05. The van der Waals surface area contributed by atoms with Crippen LogP contribution >= 0.6 is 0 Å². The number of benzene rings is 1. The van der Waals surface area contributed by atoms with Crippen LogP contribution in [0.4, 0.5) is 0 Å². The van der Waals surface area contributed by atoms with Gasteiger partial charge in [-0.1, -0.05) is 30.3 Å². The molecule has 0 bridgehead atoms. The largest absolute Gasteiger partial charge is 0.462 e. The number of carbonyl (C=O) groups is 2. The van der Waals surface area contributed by atoms with Crippen molar-refractivity contribution >= 4 is 12.3 Å². The zero-order chi connectivity index (χ0) is 18.1. The number of carbonyl (C=O) groups excluding carboxylic acids is 2. The standard InChI is InChI=1S/C15H21NO7/c16-10(6-9-4-2-1-3-5-9)15(22)23-8-12(19)14(21)13(20)11(18)7-17/h1-5,7,10-14,18-21H,6,8,16H2/t10-,11-,12+,13+,14+/m0/s1/i/hD. The Hall–Kier alpha value is -1.84. The van der Waals surface area contributed by atoms with Crippen molar-refractivity contribution in [3.63, 3.8) is 0 Å². The van der Waals surface area contributed by atoms with Crippen molar-refractivity contribution in [2.45, 2.75) is 36.9 Å². The number of hydrogen-bond donors (Lipinski definition) is 5. The van der Waals surface area contributed by atoms with Gasteiger partial charge in [-0.15, -0.1) is 0 Å². The minimum absolute atomic E-state index is 0.00647. The van der Waals surface area contributed by atoms with E-state index in [0.717, 1.165) is 5.56 Å². The highest BCUT2D eigenvalue weighted by molar-refractivity contribution is 5.75. The Bertz CT molecular complexity index is 516. The molecule has 0 fully saturated rings. The number of aldehydes is 1. The average molecular weight is 328 g/mol. The smallest absolute Gasteiger partial charge is 0.323 e. The van der Waals surface area contributed by atoms with Crippen LogP contribution in [0.1, 0.15) is 5.56 Å². The van der Waals surface area contributed by atoms with Gasteiger partial charge in [0.15, 0.2) is 6.29 Å². The molecule has 6 N–H and O–H groups in total. The molecule has 0 saturated carbocycles. The summed E-state index contributed by atoms with van der Waals surface area (Å²) >= 11 is 0. The molecule has 0 aliphatic carbocycles. The summed E-state index contributed by atoms with van der Waals surface area (Å²) in [5, 5.41) is 37.7. The molecule has 0 aromatic heterocycles. The van der Waals surface area contributed by atoms with E-state index < -0.39 is 43.0 Å². The van der Waals surface area contributed by atoms with Crippen molar-refractivity contribution in [2.24, 2.45) is 5.73 Å². The van der Waals surface area contributed by atoms with E-state index in [-0.39, 0.29) is 12.7 Å². The lowest BCUT2D eigenvalue weighted by atomic mass is 10.0. The summed E-state index contributed by atoms with van der Waals surface area (Å²) in [6, 6.07) is 7.92. The topological polar surface area (TPSA) is 150 Å². The lowest BCUT2D eigenvalue weighted by Crippen LogP contribution is -2.47. The van der Waals surface area contributed by atoms with E-state index in [1.165, 1.54) is 0 Å². The zero-order valence-electron chi connectivity index (χ0n) is 13.3. The van der Waals surface area contributed by atoms with E-state index in [2.05, 4.69) is 0 Å². The SMILES string of the molecule is [2H]N[C@@H](Cc1ccccc1)C(=O)OC[C@@H](O)[C@@H](O)[C@H](O)[C@@H](O)C=O. The fourth-order valence-corrected chi connectivity index (χ4v) is 1.81. The van der Waals surface area contributed by atoms with Gasteiger partial charge >= 0.3 is 5.97 Å². The first kappa shape index (κ1) is 17.5. The maximum atomic E-state index is 11.9. The average Bonchev–Trinajstić information content (AvgIpc) is 2.62. The monoisotopic (exact) mass is 328 g/mol. The lowest BCUT2D eigenvalue weighted by molar-refractivity contribution is -0.157. The number of nitrogens with two attached hydrogens (primary N) is 1. The van der Waals surface area contributed by atoms with Gasteiger partial charge in [-0.25, -0.2) is 0 Å². The molecule has 5 atom stereocenters. The molecular weight excluding hydrogens is 306 g/mol. The van der Waals surface area contributed by atoms with Crippen molar-refractivity contribution < 1.29 is 36.2 Å². The number of aliphatic hydroxyl groups excluding tert-OH is 4. The molecule has 0 aliphatic rings. The summed E-state index contributed by atoms with van der Waals surface area (Å²) in [5.41, 5.74) is 2.84. The molecule has 23 heavy (non-hydrogen) atoms. The maximum absolute atomic E-state index is 11.9. The number of hydrogen-bond acceptors (Lipinski definition) is 8. The van der Waals surface area contributed by atoms with Crippen LogP contribution < -0.4 is 5.73 Å². The highest BCUT2D eigenvalue weighted by Gasteiger charge is 2.31. The molecule has 0 amide bonds. The Balaban J connectivity index is 2.52. The van der Waals surface area contributed by atoms with Crippen LogP contribution in [0.3, 0.4) is 0 Å². The van der Waals surface area contributed by atoms with Crippen LogP contribution in [-0.4, -0.2) is 69.7 Å². The van der Waals surface area contributed by atoms with Crippen LogP contribution in [-0.2, 0) is 20.7 Å². The normalized spacial score (nSPS) is 18.2. The number of aliphatic hydroxyl groups is 4. The Kier molecular flexibility index (Phi) is 7.11. The molecule has 1 aromatic carbocycles. The third-order valence-electron chi connectivity index (χ3n) is 3.20. The molecule has 1 rings (SSSR count). The molecule has 0 radical (unpaired) electrons. The lowest BCUT2D eigenvalue weighted by Gasteiger charge is -2.24. The second kappa shape index (κ2) is 9.33. The Morgan fingerprint density at radius 1 is 1.22 bits per heavy atom. The molecule has 0 unspecified atom stereocenters. The molecular formula is C15H21NO7. The molecule has 0 heterocycles. The predicted octanol–water partition coefficient (Wildman–Crippen LogP) is -2.26. The van der Waals surface area contributed by atoms with E-state index in [4.69, 9.17) is 11.3 Å². The number of ether oxygens (including phenoxy) is 1. The Morgan fingerprint density at radius 2 is 1.87 bits per heavy atom. The van der Waals surface area contributed by atoms with Gasteiger partial charge in [0.25, 0.3) is 0 Å². The van der Waals surface area contributed by atoms with Gasteiger partial charge in [-0.2, -0.15) is 0 Å². The number of esters is 1. The van der Waals surface area contributed by atoms with Gasteiger partial charge in [0.1, 0.15) is 38.5 Å². The maximum Gasteiger partial charge on any atom is 0.323 e. The molecule has 0 spiro atoms. The van der Waals surface area contributed by atoms with Gasteiger partial charge < -0.3 is 35.7 Å². The zero-order valence-corrected chi connectivity index (χ0v) is 12.3. The quantitative estimate of drug-likeness (QED) is 0.238. The van der Waals surface area contributed by atoms with E-state index in [0.29, 0.717) is 0 Å². The first-order valence-corrected chi connectivity index (χ1v) is 6.96. The van der Waals surface area contributed by atoms with Gasteiger partial charge in [-0.05, 0) is 12.0 Å². The van der Waals surface area contributed by atoms with Crippen molar-refractivity contribution in [3.05, 3.63) is 35.9 Å². The summed E-state index contributed by atoms with van der Waals surface area (Å²) in [5.74, 6) is -0.828. The van der Waals surface area contributed by atoms with Gasteiger partial charge in [-0.3, -0.25) is 4.79 Å². The predicted molar refractivity (Wildman–Crippen MR) is 79.2 cm³/mol. The molecule has 8 nitrogen and oxygen atoms in total. The highest BCUT2D eigenvalue weighted by Crippen LogP contribution is 2.06. The van der Waals surface area contributed by atoms with E-state index >= 15 is 0 Å². The number of rotatable bonds is 10. The van der Waals surface area contributed by atoms with Gasteiger partial charge in [0.2, 0.25) is 0 Å². The van der Waals surface area contributed by atoms with Gasteiger partial charge in [0.05, 0.1) is 0 Å². The van der Waals surface area contributed by atoms with Crippen molar-refractivity contribution in [1.82, 2.24) is 0 Å². The highest BCUT2D eigenvalue weighted by atomic mass is 16.5. The minimum atomic E-state index is -1.91. The molecule has 128 valence electrons. The van der Waals surface area contributed by atoms with Crippen LogP contribution in [0.5, 0.6) is 0 Å². The van der Waals surface area contributed by atoms with E-state index in [1.807, 2.05) is 11.8 Å². The van der Waals surface area contributed by atoms with Gasteiger partial charge in [0, 0.05) is 0 Å².